The van der Waals surface area contributed by atoms with Crippen molar-refractivity contribution in [1.82, 2.24) is 9.55 Å². The Kier molecular flexibility index (Phi) is 7.36. The summed E-state index contributed by atoms with van der Waals surface area (Å²) < 4.78 is 19.7. The van der Waals surface area contributed by atoms with Crippen LogP contribution in [0.25, 0.3) is 22.1 Å². The van der Waals surface area contributed by atoms with Gasteiger partial charge in [-0.15, -0.1) is 0 Å². The lowest BCUT2D eigenvalue weighted by Crippen LogP contribution is -2.09. The molecule has 0 radical (unpaired) electrons. The molecule has 0 spiro atoms. The van der Waals surface area contributed by atoms with E-state index in [9.17, 15) is 4.79 Å². The molecule has 5 aromatic rings. The minimum absolute atomic E-state index is 0.178. The quantitative estimate of drug-likeness (QED) is 0.205. The van der Waals surface area contributed by atoms with Crippen LogP contribution in [0.15, 0.2) is 89.9 Å². The number of para-hydroxylation sites is 1. The molecule has 0 atom stereocenters. The highest BCUT2D eigenvalue weighted by Gasteiger charge is 2.15. The smallest absolute Gasteiger partial charge is 0.310 e. The van der Waals surface area contributed by atoms with Gasteiger partial charge in [0.15, 0.2) is 0 Å². The topological polar surface area (TPSA) is 66.5 Å². The Morgan fingerprint density at radius 1 is 1.00 bits per heavy atom. The zero-order valence-corrected chi connectivity index (χ0v) is 21.1. The second-order valence-corrected chi connectivity index (χ2v) is 8.94. The lowest BCUT2D eigenvalue weighted by molar-refractivity contribution is -0.142. The first-order valence-electron chi connectivity index (χ1n) is 12.6. The fraction of sp³-hybridized carbons (Fsp3) is 0.226. The van der Waals surface area contributed by atoms with E-state index in [2.05, 4.69) is 54.4 Å². The standard InChI is InChI=1S/C31H30N2O4/c1-3-22-8-7-10-24(14-22)28-16-23(15-26-17-27(37-31(26)28)19-33-13-12-32-21-33)20-36-29-11-6-5-9-25(29)18-30(34)35-4-2/h5-17,21H,3-4,18-20H2,1-2H3. The number of aryl methyl sites for hydroxylation is 1. The van der Waals surface area contributed by atoms with E-state index in [1.165, 1.54) is 5.56 Å². The number of imidazole rings is 1. The number of hydrogen-bond acceptors (Lipinski definition) is 5. The molecule has 0 aliphatic carbocycles. The maximum Gasteiger partial charge on any atom is 0.310 e. The highest BCUT2D eigenvalue weighted by molar-refractivity contribution is 5.93. The summed E-state index contributed by atoms with van der Waals surface area (Å²) in [5.74, 6) is 1.28. The predicted molar refractivity (Wildman–Crippen MR) is 143 cm³/mol. The van der Waals surface area contributed by atoms with Crippen molar-refractivity contribution in [3.05, 3.63) is 108 Å². The van der Waals surface area contributed by atoms with Gasteiger partial charge in [0.1, 0.15) is 23.7 Å². The third-order valence-corrected chi connectivity index (χ3v) is 6.28. The molecule has 0 bridgehead atoms. The molecule has 37 heavy (non-hydrogen) atoms. The van der Waals surface area contributed by atoms with Gasteiger partial charge in [0.25, 0.3) is 0 Å². The Morgan fingerprint density at radius 3 is 2.70 bits per heavy atom. The number of ether oxygens (including phenoxy) is 2. The molecule has 5 rings (SSSR count). The number of rotatable bonds is 10. The predicted octanol–water partition coefficient (Wildman–Crippen LogP) is 6.59. The molecule has 0 amide bonds. The van der Waals surface area contributed by atoms with Gasteiger partial charge in [-0.25, -0.2) is 4.98 Å². The minimum Gasteiger partial charge on any atom is -0.489 e. The summed E-state index contributed by atoms with van der Waals surface area (Å²) in [7, 11) is 0. The summed E-state index contributed by atoms with van der Waals surface area (Å²) in [6.07, 6.45) is 6.61. The van der Waals surface area contributed by atoms with Gasteiger partial charge in [0.2, 0.25) is 0 Å². The van der Waals surface area contributed by atoms with Crippen LogP contribution in [0.1, 0.15) is 36.3 Å². The molecule has 0 N–H and O–H groups in total. The van der Waals surface area contributed by atoms with E-state index in [0.717, 1.165) is 45.4 Å². The zero-order valence-electron chi connectivity index (χ0n) is 21.1. The van der Waals surface area contributed by atoms with Crippen molar-refractivity contribution >= 4 is 16.9 Å². The lowest BCUT2D eigenvalue weighted by atomic mass is 9.98. The Labute approximate surface area is 216 Å². The number of fused-ring (bicyclic) bond motifs is 1. The van der Waals surface area contributed by atoms with Crippen LogP contribution in [0.3, 0.4) is 0 Å². The maximum absolute atomic E-state index is 12.1. The van der Waals surface area contributed by atoms with Crippen molar-refractivity contribution < 1.29 is 18.7 Å². The van der Waals surface area contributed by atoms with Crippen LogP contribution in [0.4, 0.5) is 0 Å². The monoisotopic (exact) mass is 494 g/mol. The summed E-state index contributed by atoms with van der Waals surface area (Å²) in [4.78, 5) is 16.2. The largest absolute Gasteiger partial charge is 0.489 e. The van der Waals surface area contributed by atoms with Gasteiger partial charge in [-0.05, 0) is 54.3 Å². The van der Waals surface area contributed by atoms with E-state index >= 15 is 0 Å². The molecular formula is C31H30N2O4. The Hall–Kier alpha value is -4.32. The third kappa shape index (κ3) is 5.75. The molecule has 0 aliphatic heterocycles. The van der Waals surface area contributed by atoms with Crippen LogP contribution >= 0.6 is 0 Å². The average molecular weight is 495 g/mol. The molecule has 2 aromatic heterocycles. The summed E-state index contributed by atoms with van der Waals surface area (Å²) in [5.41, 5.74) is 6.09. The third-order valence-electron chi connectivity index (χ3n) is 6.28. The van der Waals surface area contributed by atoms with E-state index < -0.39 is 0 Å². The number of hydrogen-bond donors (Lipinski definition) is 0. The maximum atomic E-state index is 12.1. The second kappa shape index (κ2) is 11.2. The highest BCUT2D eigenvalue weighted by Crippen LogP contribution is 2.34. The number of nitrogens with zero attached hydrogens (tertiary/aromatic N) is 2. The van der Waals surface area contributed by atoms with E-state index in [4.69, 9.17) is 13.9 Å². The lowest BCUT2D eigenvalue weighted by Gasteiger charge is -2.13. The van der Waals surface area contributed by atoms with Crippen molar-refractivity contribution in [2.45, 2.75) is 39.8 Å². The second-order valence-electron chi connectivity index (χ2n) is 8.94. The van der Waals surface area contributed by atoms with Gasteiger partial charge >= 0.3 is 5.97 Å². The van der Waals surface area contributed by atoms with Gasteiger partial charge in [0, 0.05) is 28.9 Å². The zero-order chi connectivity index (χ0) is 25.6. The van der Waals surface area contributed by atoms with E-state index in [-0.39, 0.29) is 12.4 Å². The molecule has 188 valence electrons. The van der Waals surface area contributed by atoms with Gasteiger partial charge < -0.3 is 18.5 Å². The average Bonchev–Trinajstić information content (AvgIpc) is 3.57. The molecule has 0 saturated heterocycles. The first kappa shape index (κ1) is 24.4. The van der Waals surface area contributed by atoms with E-state index in [1.54, 1.807) is 19.4 Å². The molecule has 6 nitrogen and oxygen atoms in total. The fourth-order valence-corrected chi connectivity index (χ4v) is 4.48. The Balaban J connectivity index is 1.48. The number of carbonyl (C=O) groups excluding carboxylic acids is 1. The minimum atomic E-state index is -0.262. The van der Waals surface area contributed by atoms with Crippen LogP contribution in [-0.2, 0) is 35.5 Å². The fourth-order valence-electron chi connectivity index (χ4n) is 4.48. The van der Waals surface area contributed by atoms with Crippen LogP contribution in [0.5, 0.6) is 5.75 Å². The number of benzene rings is 3. The van der Waals surface area contributed by atoms with Gasteiger partial charge in [0.05, 0.1) is 25.9 Å². The van der Waals surface area contributed by atoms with Crippen LogP contribution in [0.2, 0.25) is 0 Å². The number of furan rings is 1. The number of aromatic nitrogens is 2. The van der Waals surface area contributed by atoms with Crippen molar-refractivity contribution in [2.75, 3.05) is 6.61 Å². The molecule has 6 heteroatoms. The molecular weight excluding hydrogens is 464 g/mol. The Bertz CT molecular complexity index is 1500. The molecule has 3 aromatic carbocycles. The Morgan fingerprint density at radius 2 is 1.89 bits per heavy atom. The summed E-state index contributed by atoms with van der Waals surface area (Å²) in [6.45, 7) is 5.29. The molecule has 0 saturated carbocycles. The van der Waals surface area contributed by atoms with Crippen LogP contribution < -0.4 is 4.74 Å². The first-order valence-corrected chi connectivity index (χ1v) is 12.6. The molecule has 0 aliphatic rings. The van der Waals surface area contributed by atoms with E-state index in [1.807, 2.05) is 35.0 Å². The van der Waals surface area contributed by atoms with Gasteiger partial charge in [-0.2, -0.15) is 0 Å². The van der Waals surface area contributed by atoms with Crippen molar-refractivity contribution in [3.63, 3.8) is 0 Å². The summed E-state index contributed by atoms with van der Waals surface area (Å²) in [5, 5.41) is 1.02. The molecule has 0 fully saturated rings. The first-order chi connectivity index (χ1) is 18.1. The normalized spacial score (nSPS) is 11.1. The molecule has 0 unspecified atom stereocenters. The van der Waals surface area contributed by atoms with Gasteiger partial charge in [-0.3, -0.25) is 4.79 Å². The van der Waals surface area contributed by atoms with E-state index in [0.29, 0.717) is 25.5 Å². The van der Waals surface area contributed by atoms with Crippen LogP contribution in [-0.4, -0.2) is 22.1 Å². The summed E-state index contributed by atoms with van der Waals surface area (Å²) >= 11 is 0. The van der Waals surface area contributed by atoms with Gasteiger partial charge in [-0.1, -0.05) is 49.4 Å². The highest BCUT2D eigenvalue weighted by atomic mass is 16.5. The SMILES string of the molecule is CCOC(=O)Cc1ccccc1OCc1cc(-c2cccc(CC)c2)c2oc(Cn3ccnc3)cc2c1. The van der Waals surface area contributed by atoms with Crippen molar-refractivity contribution in [3.8, 4) is 16.9 Å². The number of carbonyl (C=O) groups is 1. The van der Waals surface area contributed by atoms with Crippen LogP contribution in [0, 0.1) is 0 Å². The summed E-state index contributed by atoms with van der Waals surface area (Å²) in [6, 6.07) is 22.5. The molecule has 2 heterocycles. The number of esters is 1. The van der Waals surface area contributed by atoms with Crippen molar-refractivity contribution in [2.24, 2.45) is 0 Å². The van der Waals surface area contributed by atoms with Crippen molar-refractivity contribution in [1.29, 1.82) is 0 Å².